The quantitative estimate of drug-likeness (QED) is 0.453. The standard InChI is InChI=1S/C30H45N7O3/c1-17-12-32-33-18(2)27(17)19(3)40-23-7-8-25-24(11-23)28(35-34-25)20-9-26(39-6)29(31-13-20)36-14-21-10-22(15-36)37(21)16-30(4,5)38/h9,12-13,19,21-25,28,34-35,38H,7-8,10-11,14-16H2,1-6H3/t19-,21?,22?,23?,24?,25?,28?/m1/s1. The maximum absolute atomic E-state index is 10.3. The molecular formula is C30H45N7O3. The topological polar surface area (TPSA) is 108 Å². The number of ether oxygens (including phenoxy) is 2. The Morgan fingerprint density at radius 1 is 1.12 bits per heavy atom. The Morgan fingerprint density at radius 3 is 2.60 bits per heavy atom. The third-order valence-electron chi connectivity index (χ3n) is 9.43. The van der Waals surface area contributed by atoms with Crippen LogP contribution in [0.2, 0.25) is 0 Å². The fourth-order valence-electron chi connectivity index (χ4n) is 7.63. The number of fused-ring (bicyclic) bond motifs is 3. The van der Waals surface area contributed by atoms with Gasteiger partial charge in [0.2, 0.25) is 0 Å². The number of aryl methyl sites for hydroxylation is 2. The molecule has 40 heavy (non-hydrogen) atoms. The van der Waals surface area contributed by atoms with Crippen LogP contribution < -0.4 is 20.5 Å². The number of hydrogen-bond acceptors (Lipinski definition) is 10. The molecule has 10 nitrogen and oxygen atoms in total. The number of nitrogens with zero attached hydrogens (tertiary/aromatic N) is 5. The number of hydrogen-bond donors (Lipinski definition) is 3. The Balaban J connectivity index is 1.13. The lowest BCUT2D eigenvalue weighted by Gasteiger charge is -2.57. The van der Waals surface area contributed by atoms with E-state index in [2.05, 4.69) is 50.8 Å². The second kappa shape index (κ2) is 10.8. The largest absolute Gasteiger partial charge is 0.493 e. The van der Waals surface area contributed by atoms with E-state index in [1.807, 2.05) is 33.2 Å². The van der Waals surface area contributed by atoms with Crippen LogP contribution in [0.4, 0.5) is 5.82 Å². The minimum Gasteiger partial charge on any atom is -0.493 e. The number of aromatic nitrogens is 3. The molecule has 5 aliphatic rings. The van der Waals surface area contributed by atoms with Crippen LogP contribution in [0.25, 0.3) is 0 Å². The van der Waals surface area contributed by atoms with Crippen molar-refractivity contribution in [1.29, 1.82) is 0 Å². The number of hydrazine groups is 1. The second-order valence-electron chi connectivity index (χ2n) is 13.0. The predicted octanol–water partition coefficient (Wildman–Crippen LogP) is 2.99. The average molecular weight is 552 g/mol. The summed E-state index contributed by atoms with van der Waals surface area (Å²) >= 11 is 0. The smallest absolute Gasteiger partial charge is 0.171 e. The van der Waals surface area contributed by atoms with Gasteiger partial charge in [0, 0.05) is 49.5 Å². The lowest BCUT2D eigenvalue weighted by atomic mass is 9.78. The van der Waals surface area contributed by atoms with Gasteiger partial charge in [0.25, 0.3) is 0 Å². The van der Waals surface area contributed by atoms with Crippen molar-refractivity contribution >= 4 is 5.82 Å². The monoisotopic (exact) mass is 551 g/mol. The van der Waals surface area contributed by atoms with E-state index in [1.165, 1.54) is 6.42 Å². The first-order chi connectivity index (χ1) is 19.1. The molecule has 0 radical (unpaired) electrons. The number of aliphatic hydroxyl groups is 1. The lowest BCUT2D eigenvalue weighted by molar-refractivity contribution is -0.0619. The molecule has 0 amide bonds. The molecule has 6 heterocycles. The zero-order valence-corrected chi connectivity index (χ0v) is 24.7. The molecule has 7 atom stereocenters. The first-order valence-corrected chi connectivity index (χ1v) is 14.8. The second-order valence-corrected chi connectivity index (χ2v) is 13.0. The molecule has 10 heteroatoms. The summed E-state index contributed by atoms with van der Waals surface area (Å²) in [4.78, 5) is 9.76. The summed E-state index contributed by atoms with van der Waals surface area (Å²) in [5, 5.41) is 18.6. The number of pyridine rings is 1. The summed E-state index contributed by atoms with van der Waals surface area (Å²) in [5.74, 6) is 2.15. The highest BCUT2D eigenvalue weighted by Gasteiger charge is 2.47. The number of piperidine rings is 1. The fraction of sp³-hybridized carbons (Fsp3) is 0.700. The van der Waals surface area contributed by atoms with Crippen LogP contribution in [0.3, 0.4) is 0 Å². The molecule has 2 aromatic heterocycles. The van der Waals surface area contributed by atoms with Crippen molar-refractivity contribution in [3.05, 3.63) is 40.8 Å². The zero-order chi connectivity index (χ0) is 28.2. The molecule has 4 aliphatic heterocycles. The number of methoxy groups -OCH3 is 1. The highest BCUT2D eigenvalue weighted by Crippen LogP contribution is 2.43. The van der Waals surface area contributed by atoms with Crippen LogP contribution in [0.15, 0.2) is 18.5 Å². The van der Waals surface area contributed by atoms with Gasteiger partial charge in [-0.1, -0.05) is 0 Å². The number of rotatable bonds is 8. The van der Waals surface area contributed by atoms with E-state index in [0.29, 0.717) is 30.6 Å². The van der Waals surface area contributed by atoms with Crippen molar-refractivity contribution < 1.29 is 14.6 Å². The van der Waals surface area contributed by atoms with Crippen LogP contribution in [0, 0.1) is 19.8 Å². The van der Waals surface area contributed by atoms with Crippen molar-refractivity contribution in [3.63, 3.8) is 0 Å². The molecule has 5 fully saturated rings. The first-order valence-electron chi connectivity index (χ1n) is 14.8. The van der Waals surface area contributed by atoms with Crippen molar-refractivity contribution in [2.45, 2.75) is 102 Å². The Bertz CT molecular complexity index is 1190. The minimum atomic E-state index is -0.674. The summed E-state index contributed by atoms with van der Waals surface area (Å²) in [5.41, 5.74) is 10.8. The SMILES string of the molecule is COc1cc(C2NNC3CCC(O[C@H](C)c4c(C)cnnc4C)CC32)cnc1N1CC2CC(C1)N2CC(C)(C)O. The molecule has 2 aromatic rings. The third kappa shape index (κ3) is 5.32. The zero-order valence-electron chi connectivity index (χ0n) is 24.7. The lowest BCUT2D eigenvalue weighted by Crippen LogP contribution is -2.70. The molecule has 3 N–H and O–H groups in total. The highest BCUT2D eigenvalue weighted by atomic mass is 16.5. The van der Waals surface area contributed by atoms with Gasteiger partial charge in [-0.15, -0.1) is 0 Å². The van der Waals surface area contributed by atoms with Gasteiger partial charge in [0.15, 0.2) is 11.6 Å². The maximum Gasteiger partial charge on any atom is 0.171 e. The molecule has 0 aromatic carbocycles. The molecule has 4 saturated heterocycles. The molecule has 7 rings (SSSR count). The average Bonchev–Trinajstić information content (AvgIpc) is 3.34. The molecule has 6 unspecified atom stereocenters. The van der Waals surface area contributed by atoms with E-state index in [-0.39, 0.29) is 18.2 Å². The normalized spacial score (nSPS) is 31.0. The van der Waals surface area contributed by atoms with Gasteiger partial charge in [0.05, 0.1) is 42.9 Å². The van der Waals surface area contributed by atoms with Crippen LogP contribution in [-0.2, 0) is 4.74 Å². The van der Waals surface area contributed by atoms with Crippen LogP contribution in [-0.4, -0.2) is 81.8 Å². The van der Waals surface area contributed by atoms with Crippen molar-refractivity contribution in [1.82, 2.24) is 30.9 Å². The molecule has 1 saturated carbocycles. The highest BCUT2D eigenvalue weighted by molar-refractivity contribution is 5.55. The van der Waals surface area contributed by atoms with Gasteiger partial charge >= 0.3 is 0 Å². The van der Waals surface area contributed by atoms with Gasteiger partial charge in [-0.25, -0.2) is 10.4 Å². The first kappa shape index (κ1) is 27.8. The predicted molar refractivity (Wildman–Crippen MR) is 153 cm³/mol. The van der Waals surface area contributed by atoms with Gasteiger partial charge in [-0.3, -0.25) is 10.3 Å². The number of nitrogens with one attached hydrogen (secondary N) is 2. The molecule has 2 bridgehead atoms. The van der Waals surface area contributed by atoms with Crippen LogP contribution in [0.5, 0.6) is 5.75 Å². The van der Waals surface area contributed by atoms with E-state index in [9.17, 15) is 5.11 Å². The minimum absolute atomic E-state index is 0.0194. The summed E-state index contributed by atoms with van der Waals surface area (Å²) in [7, 11) is 1.74. The molecule has 218 valence electrons. The van der Waals surface area contributed by atoms with Gasteiger partial charge in [-0.05, 0) is 83.4 Å². The summed E-state index contributed by atoms with van der Waals surface area (Å²) in [6.45, 7) is 12.5. The van der Waals surface area contributed by atoms with Crippen LogP contribution in [0.1, 0.15) is 81.0 Å². The molecule has 1 aliphatic carbocycles. The molecular weight excluding hydrogens is 506 g/mol. The van der Waals surface area contributed by atoms with E-state index in [0.717, 1.165) is 66.3 Å². The van der Waals surface area contributed by atoms with Crippen molar-refractivity contribution in [2.24, 2.45) is 5.92 Å². The Hall–Kier alpha value is -2.37. The fourth-order valence-corrected chi connectivity index (χ4v) is 7.63. The summed E-state index contributed by atoms with van der Waals surface area (Å²) in [6.07, 6.45) is 8.28. The van der Waals surface area contributed by atoms with Crippen molar-refractivity contribution in [3.8, 4) is 5.75 Å². The van der Waals surface area contributed by atoms with E-state index >= 15 is 0 Å². The van der Waals surface area contributed by atoms with Gasteiger partial charge in [0.1, 0.15) is 0 Å². The van der Waals surface area contributed by atoms with Gasteiger partial charge in [-0.2, -0.15) is 10.2 Å². The van der Waals surface area contributed by atoms with Crippen molar-refractivity contribution in [2.75, 3.05) is 31.6 Å². The van der Waals surface area contributed by atoms with Crippen LogP contribution >= 0.6 is 0 Å². The van der Waals surface area contributed by atoms with Gasteiger partial charge < -0.3 is 19.5 Å². The summed E-state index contributed by atoms with van der Waals surface area (Å²) in [6, 6.07) is 3.63. The molecule has 0 spiro atoms. The van der Waals surface area contributed by atoms with E-state index in [1.54, 1.807) is 7.11 Å². The van der Waals surface area contributed by atoms with E-state index < -0.39 is 5.60 Å². The number of anilines is 1. The number of piperazine rings is 1. The van der Waals surface area contributed by atoms with E-state index in [4.69, 9.17) is 14.5 Å². The maximum atomic E-state index is 10.3. The third-order valence-corrected chi connectivity index (χ3v) is 9.43. The Labute approximate surface area is 237 Å². The summed E-state index contributed by atoms with van der Waals surface area (Å²) < 4.78 is 12.5. The Kier molecular flexibility index (Phi) is 7.50. The Morgan fingerprint density at radius 2 is 1.90 bits per heavy atom.